The maximum absolute atomic E-state index is 12.2. The normalized spacial score (nSPS) is 20.8. The summed E-state index contributed by atoms with van der Waals surface area (Å²) in [6.45, 7) is 3.63. The number of aromatic amines is 1. The highest BCUT2D eigenvalue weighted by Crippen LogP contribution is 2.17. The molecule has 1 aromatic heterocycles. The number of rotatable bonds is 3. The van der Waals surface area contributed by atoms with Gasteiger partial charge in [0.15, 0.2) is 0 Å². The van der Waals surface area contributed by atoms with Crippen LogP contribution in [0.25, 0.3) is 0 Å². The molecule has 1 amide bonds. The average Bonchev–Trinajstić information content (AvgIpc) is 2.62. The molecule has 100 valence electrons. The fraction of sp³-hybridized carbons (Fsp3) is 0.600. The van der Waals surface area contributed by atoms with Crippen LogP contribution in [0.5, 0.6) is 0 Å². The summed E-state index contributed by atoms with van der Waals surface area (Å²) >= 11 is 0. The van der Waals surface area contributed by atoms with Crippen LogP contribution in [-0.2, 0) is 14.8 Å². The van der Waals surface area contributed by atoms with Gasteiger partial charge < -0.3 is 5.32 Å². The molecule has 7 nitrogen and oxygen atoms in total. The second-order valence-corrected chi connectivity index (χ2v) is 6.07. The fourth-order valence-corrected chi connectivity index (χ4v) is 3.69. The van der Waals surface area contributed by atoms with Crippen LogP contribution in [0, 0.1) is 13.8 Å². The molecular weight excluding hydrogens is 256 g/mol. The molecular formula is C10H16N4O3S. The van der Waals surface area contributed by atoms with Crippen LogP contribution in [0.4, 0.5) is 0 Å². The van der Waals surface area contributed by atoms with Gasteiger partial charge in [-0.05, 0) is 20.3 Å². The molecule has 8 heteroatoms. The Morgan fingerprint density at radius 3 is 2.61 bits per heavy atom. The molecule has 18 heavy (non-hydrogen) atoms. The van der Waals surface area contributed by atoms with Crippen LogP contribution in [0.15, 0.2) is 4.90 Å². The van der Waals surface area contributed by atoms with E-state index in [-0.39, 0.29) is 16.8 Å². The Morgan fingerprint density at radius 2 is 2.11 bits per heavy atom. The van der Waals surface area contributed by atoms with Crippen LogP contribution in [0.1, 0.15) is 24.2 Å². The SMILES string of the molecule is Cc1n[nH]c(C)c1S(=O)(=O)NC1CCC(=O)NC1. The zero-order valence-electron chi connectivity index (χ0n) is 10.3. The van der Waals surface area contributed by atoms with Crippen LogP contribution >= 0.6 is 0 Å². The molecule has 1 aliphatic heterocycles. The van der Waals surface area contributed by atoms with Crippen molar-refractivity contribution in [3.05, 3.63) is 11.4 Å². The number of aryl methyl sites for hydroxylation is 2. The highest BCUT2D eigenvalue weighted by atomic mass is 32.2. The summed E-state index contributed by atoms with van der Waals surface area (Å²) in [5, 5.41) is 9.16. The predicted molar refractivity (Wildman–Crippen MR) is 64.4 cm³/mol. The van der Waals surface area contributed by atoms with Gasteiger partial charge in [0, 0.05) is 19.0 Å². The quantitative estimate of drug-likeness (QED) is 0.695. The Kier molecular flexibility index (Phi) is 3.40. The second-order valence-electron chi connectivity index (χ2n) is 4.42. The first kappa shape index (κ1) is 13.0. The van der Waals surface area contributed by atoms with E-state index in [0.29, 0.717) is 30.8 Å². The summed E-state index contributed by atoms with van der Waals surface area (Å²) < 4.78 is 27.0. The third kappa shape index (κ3) is 2.54. The van der Waals surface area contributed by atoms with Crippen LogP contribution in [0.2, 0.25) is 0 Å². The molecule has 2 rings (SSSR count). The lowest BCUT2D eigenvalue weighted by Gasteiger charge is -2.23. The number of hydrogen-bond donors (Lipinski definition) is 3. The van der Waals surface area contributed by atoms with Crippen molar-refractivity contribution in [2.75, 3.05) is 6.54 Å². The van der Waals surface area contributed by atoms with E-state index >= 15 is 0 Å². The van der Waals surface area contributed by atoms with Gasteiger partial charge >= 0.3 is 0 Å². The minimum Gasteiger partial charge on any atom is -0.355 e. The predicted octanol–water partition coefficient (Wildman–Crippen LogP) is -0.417. The van der Waals surface area contributed by atoms with Gasteiger partial charge in [-0.1, -0.05) is 0 Å². The molecule has 0 aliphatic carbocycles. The lowest BCUT2D eigenvalue weighted by atomic mass is 10.1. The molecule has 1 aromatic rings. The lowest BCUT2D eigenvalue weighted by molar-refractivity contribution is -0.122. The number of amides is 1. The average molecular weight is 272 g/mol. The Morgan fingerprint density at radius 1 is 1.39 bits per heavy atom. The molecule has 1 aliphatic rings. The Hall–Kier alpha value is -1.41. The molecule has 1 unspecified atom stereocenters. The minimum absolute atomic E-state index is 0.0406. The van der Waals surface area contributed by atoms with Crippen molar-refractivity contribution in [2.45, 2.75) is 37.6 Å². The molecule has 3 N–H and O–H groups in total. The van der Waals surface area contributed by atoms with Crippen LogP contribution in [-0.4, -0.2) is 37.1 Å². The fourth-order valence-electron chi connectivity index (χ4n) is 2.05. The van der Waals surface area contributed by atoms with Gasteiger partial charge in [-0.25, -0.2) is 13.1 Å². The summed E-state index contributed by atoms with van der Waals surface area (Å²) in [6.07, 6.45) is 0.859. The zero-order chi connectivity index (χ0) is 13.3. The van der Waals surface area contributed by atoms with Gasteiger partial charge in [-0.3, -0.25) is 9.89 Å². The molecule has 0 saturated carbocycles. The summed E-state index contributed by atoms with van der Waals surface area (Å²) in [7, 11) is -3.59. The number of nitrogens with one attached hydrogen (secondary N) is 3. The van der Waals surface area contributed by atoms with E-state index in [0.717, 1.165) is 0 Å². The number of carbonyl (C=O) groups is 1. The van der Waals surface area contributed by atoms with Crippen molar-refractivity contribution in [2.24, 2.45) is 0 Å². The van der Waals surface area contributed by atoms with E-state index in [1.807, 2.05) is 0 Å². The van der Waals surface area contributed by atoms with E-state index < -0.39 is 10.0 Å². The van der Waals surface area contributed by atoms with E-state index in [4.69, 9.17) is 0 Å². The number of nitrogens with zero attached hydrogens (tertiary/aromatic N) is 1. The minimum atomic E-state index is -3.59. The van der Waals surface area contributed by atoms with Crippen molar-refractivity contribution in [1.82, 2.24) is 20.2 Å². The van der Waals surface area contributed by atoms with E-state index in [2.05, 4.69) is 20.2 Å². The maximum atomic E-state index is 12.2. The first-order chi connectivity index (χ1) is 8.40. The molecule has 1 saturated heterocycles. The van der Waals surface area contributed by atoms with Crippen LogP contribution in [0.3, 0.4) is 0 Å². The number of piperidine rings is 1. The smallest absolute Gasteiger partial charge is 0.244 e. The third-order valence-electron chi connectivity index (χ3n) is 2.92. The third-order valence-corrected chi connectivity index (χ3v) is 4.70. The number of carbonyl (C=O) groups excluding carboxylic acids is 1. The van der Waals surface area contributed by atoms with Crippen LogP contribution < -0.4 is 10.0 Å². The molecule has 0 bridgehead atoms. The van der Waals surface area contributed by atoms with Gasteiger partial charge in [0.05, 0.1) is 11.4 Å². The molecule has 0 aromatic carbocycles. The number of aromatic nitrogens is 2. The van der Waals surface area contributed by atoms with E-state index in [1.165, 1.54) is 0 Å². The highest BCUT2D eigenvalue weighted by Gasteiger charge is 2.27. The van der Waals surface area contributed by atoms with Crippen molar-refractivity contribution < 1.29 is 13.2 Å². The molecule has 0 spiro atoms. The number of sulfonamides is 1. The largest absolute Gasteiger partial charge is 0.355 e. The van der Waals surface area contributed by atoms with Gasteiger partial charge in [0.25, 0.3) is 0 Å². The molecule has 2 heterocycles. The van der Waals surface area contributed by atoms with Gasteiger partial charge in [-0.2, -0.15) is 5.10 Å². The Bertz CT molecular complexity index is 534. The highest BCUT2D eigenvalue weighted by molar-refractivity contribution is 7.89. The zero-order valence-corrected chi connectivity index (χ0v) is 11.1. The maximum Gasteiger partial charge on any atom is 0.244 e. The first-order valence-electron chi connectivity index (χ1n) is 5.71. The summed E-state index contributed by atoms with van der Waals surface area (Å²) in [5.74, 6) is -0.0406. The van der Waals surface area contributed by atoms with Crippen molar-refractivity contribution in [3.63, 3.8) is 0 Å². The second kappa shape index (κ2) is 4.69. The van der Waals surface area contributed by atoms with Crippen molar-refractivity contribution >= 4 is 15.9 Å². The monoisotopic (exact) mass is 272 g/mol. The number of H-pyrrole nitrogens is 1. The van der Waals surface area contributed by atoms with E-state index in [1.54, 1.807) is 13.8 Å². The molecule has 0 radical (unpaired) electrons. The van der Waals surface area contributed by atoms with Gasteiger partial charge in [0.2, 0.25) is 15.9 Å². The molecule has 1 atom stereocenters. The standard InChI is InChI=1S/C10H16N4O3S/c1-6-10(7(2)13-12-6)18(16,17)14-8-3-4-9(15)11-5-8/h8,14H,3-5H2,1-2H3,(H,11,15)(H,12,13). The van der Waals surface area contributed by atoms with Gasteiger partial charge in [0.1, 0.15) is 4.90 Å². The Balaban J connectivity index is 2.15. The van der Waals surface area contributed by atoms with Gasteiger partial charge in [-0.15, -0.1) is 0 Å². The van der Waals surface area contributed by atoms with E-state index in [9.17, 15) is 13.2 Å². The first-order valence-corrected chi connectivity index (χ1v) is 7.19. The molecule has 1 fully saturated rings. The number of hydrogen-bond acceptors (Lipinski definition) is 4. The summed E-state index contributed by atoms with van der Waals surface area (Å²) in [4.78, 5) is 11.2. The summed E-state index contributed by atoms with van der Waals surface area (Å²) in [5.41, 5.74) is 0.958. The van der Waals surface area contributed by atoms with Crippen molar-refractivity contribution in [1.29, 1.82) is 0 Å². The van der Waals surface area contributed by atoms with Crippen molar-refractivity contribution in [3.8, 4) is 0 Å². The summed E-state index contributed by atoms with van der Waals surface area (Å²) in [6, 6.07) is -0.263. The lowest BCUT2D eigenvalue weighted by Crippen LogP contribution is -2.47. The topological polar surface area (TPSA) is 104 Å². The Labute approximate surface area is 105 Å².